The number of rotatable bonds is 2. The van der Waals surface area contributed by atoms with E-state index in [-0.39, 0.29) is 0 Å². The number of hydrogen-bond donors (Lipinski definition) is 2. The van der Waals surface area contributed by atoms with Crippen molar-refractivity contribution in [2.45, 2.75) is 13.3 Å². The molecule has 1 aromatic carbocycles. The Labute approximate surface area is 122 Å². The maximum absolute atomic E-state index is 5.84. The normalized spacial score (nSPS) is 13.9. The van der Waals surface area contributed by atoms with E-state index in [0.717, 1.165) is 30.9 Å². The van der Waals surface area contributed by atoms with Crippen LogP contribution in [-0.4, -0.2) is 33.0 Å². The van der Waals surface area contributed by atoms with Crippen LogP contribution < -0.4 is 10.6 Å². The Hall–Kier alpha value is -2.63. The number of hydrogen-bond acceptors (Lipinski definition) is 5. The van der Waals surface area contributed by atoms with E-state index in [1.54, 1.807) is 0 Å². The highest BCUT2D eigenvalue weighted by molar-refractivity contribution is 5.84. The van der Waals surface area contributed by atoms with Gasteiger partial charge in [0.25, 0.3) is 0 Å². The van der Waals surface area contributed by atoms with Crippen molar-refractivity contribution < 1.29 is 0 Å². The first-order valence-electron chi connectivity index (χ1n) is 7.10. The molecular weight excluding hydrogens is 264 g/mol. The summed E-state index contributed by atoms with van der Waals surface area (Å²) in [6.45, 7) is 4.32. The van der Waals surface area contributed by atoms with E-state index in [9.17, 15) is 0 Å². The van der Waals surface area contributed by atoms with Crippen molar-refractivity contribution in [2.24, 2.45) is 0 Å². The van der Waals surface area contributed by atoms with Gasteiger partial charge in [0.05, 0.1) is 0 Å². The zero-order chi connectivity index (χ0) is 14.4. The molecule has 0 unspecified atom stereocenters. The minimum Gasteiger partial charge on any atom is -0.382 e. The molecule has 6 nitrogen and oxygen atoms in total. The Balaban J connectivity index is 1.81. The third-order valence-corrected chi connectivity index (χ3v) is 4.04. The summed E-state index contributed by atoms with van der Waals surface area (Å²) in [5, 5.41) is 0. The Morgan fingerprint density at radius 3 is 3.05 bits per heavy atom. The number of nitrogens with two attached hydrogens (primary N) is 1. The number of imidazole rings is 1. The minimum absolute atomic E-state index is 0.428. The number of aromatic nitrogens is 4. The molecule has 106 valence electrons. The third kappa shape index (κ3) is 1.83. The Kier molecular flexibility index (Phi) is 2.57. The van der Waals surface area contributed by atoms with Crippen LogP contribution in [0.2, 0.25) is 0 Å². The highest BCUT2D eigenvalue weighted by Gasteiger charge is 2.19. The van der Waals surface area contributed by atoms with Crippen molar-refractivity contribution in [2.75, 3.05) is 23.7 Å². The second kappa shape index (κ2) is 4.44. The molecule has 0 saturated carbocycles. The van der Waals surface area contributed by atoms with E-state index in [1.165, 1.54) is 17.6 Å². The molecule has 21 heavy (non-hydrogen) atoms. The lowest BCUT2D eigenvalue weighted by Gasteiger charge is -2.16. The molecule has 3 N–H and O–H groups in total. The number of nitrogens with one attached hydrogen (secondary N) is 1. The second-order valence-corrected chi connectivity index (χ2v) is 5.22. The molecule has 0 bridgehead atoms. The Morgan fingerprint density at radius 1 is 1.33 bits per heavy atom. The van der Waals surface area contributed by atoms with Crippen LogP contribution in [0, 0.1) is 0 Å². The molecular formula is C15H16N6. The van der Waals surface area contributed by atoms with Gasteiger partial charge in [-0.1, -0.05) is 0 Å². The first-order chi connectivity index (χ1) is 10.3. The van der Waals surface area contributed by atoms with Crippen LogP contribution in [0.5, 0.6) is 0 Å². The van der Waals surface area contributed by atoms with Crippen molar-refractivity contribution in [1.82, 2.24) is 19.9 Å². The van der Waals surface area contributed by atoms with Crippen LogP contribution >= 0.6 is 0 Å². The molecule has 0 radical (unpaired) electrons. The van der Waals surface area contributed by atoms with Crippen LogP contribution in [0.25, 0.3) is 22.6 Å². The van der Waals surface area contributed by atoms with E-state index >= 15 is 0 Å². The summed E-state index contributed by atoms with van der Waals surface area (Å²) < 4.78 is 0. The fourth-order valence-electron chi connectivity index (χ4n) is 2.93. The second-order valence-electron chi connectivity index (χ2n) is 5.22. The van der Waals surface area contributed by atoms with Gasteiger partial charge in [-0.15, -0.1) is 0 Å². The summed E-state index contributed by atoms with van der Waals surface area (Å²) >= 11 is 0. The van der Waals surface area contributed by atoms with Gasteiger partial charge in [0.2, 0.25) is 0 Å². The molecule has 2 aromatic heterocycles. The fraction of sp³-hybridized carbons (Fsp3) is 0.267. The van der Waals surface area contributed by atoms with Crippen molar-refractivity contribution in [3.8, 4) is 11.4 Å². The van der Waals surface area contributed by atoms with Gasteiger partial charge in [0.1, 0.15) is 17.7 Å². The lowest BCUT2D eigenvalue weighted by Crippen LogP contribution is -2.18. The van der Waals surface area contributed by atoms with Gasteiger partial charge < -0.3 is 15.6 Å². The van der Waals surface area contributed by atoms with Crippen molar-refractivity contribution >= 4 is 22.7 Å². The standard InChI is InChI=1S/C15H16N6/c1-2-21-6-5-9-7-10(3-4-11(9)21)14-19-12-13(16)17-8-18-15(12)20-14/h3-4,7-8H,2,5-6H2,1H3,(H3,16,17,18,19,20). The molecule has 3 aromatic rings. The first kappa shape index (κ1) is 12.1. The van der Waals surface area contributed by atoms with Gasteiger partial charge in [-0.25, -0.2) is 15.0 Å². The third-order valence-electron chi connectivity index (χ3n) is 4.04. The van der Waals surface area contributed by atoms with E-state index in [0.29, 0.717) is 17.0 Å². The smallest absolute Gasteiger partial charge is 0.183 e. The average molecular weight is 280 g/mol. The predicted molar refractivity (Wildman–Crippen MR) is 83.1 cm³/mol. The quantitative estimate of drug-likeness (QED) is 0.750. The number of nitrogens with zero attached hydrogens (tertiary/aromatic N) is 4. The lowest BCUT2D eigenvalue weighted by atomic mass is 10.1. The maximum Gasteiger partial charge on any atom is 0.183 e. The molecule has 0 saturated heterocycles. The van der Waals surface area contributed by atoms with Gasteiger partial charge in [0, 0.05) is 24.3 Å². The summed E-state index contributed by atoms with van der Waals surface area (Å²) in [4.78, 5) is 18.2. The predicted octanol–water partition coefficient (Wildman–Crippen LogP) is 1.98. The summed E-state index contributed by atoms with van der Waals surface area (Å²) in [6.07, 6.45) is 2.52. The summed E-state index contributed by atoms with van der Waals surface area (Å²) in [5.41, 5.74) is 10.9. The van der Waals surface area contributed by atoms with E-state index in [1.807, 2.05) is 0 Å². The molecule has 1 aliphatic rings. The SMILES string of the molecule is CCN1CCc2cc(-c3nc4ncnc(N)c4[nH]3)ccc21. The lowest BCUT2D eigenvalue weighted by molar-refractivity contribution is 0.868. The summed E-state index contributed by atoms with van der Waals surface area (Å²) in [6, 6.07) is 6.46. The summed E-state index contributed by atoms with van der Waals surface area (Å²) in [7, 11) is 0. The number of H-pyrrole nitrogens is 1. The molecule has 0 spiro atoms. The molecule has 6 heteroatoms. The largest absolute Gasteiger partial charge is 0.382 e. The number of benzene rings is 1. The number of likely N-dealkylation sites (N-methyl/N-ethyl adjacent to an activating group) is 1. The number of nitrogen functional groups attached to an aromatic ring is 1. The van der Waals surface area contributed by atoms with Crippen LogP contribution in [0.1, 0.15) is 12.5 Å². The monoisotopic (exact) mass is 280 g/mol. The van der Waals surface area contributed by atoms with E-state index in [4.69, 9.17) is 5.73 Å². The van der Waals surface area contributed by atoms with Crippen molar-refractivity contribution in [1.29, 1.82) is 0 Å². The fourth-order valence-corrected chi connectivity index (χ4v) is 2.93. The maximum atomic E-state index is 5.84. The first-order valence-corrected chi connectivity index (χ1v) is 7.10. The minimum atomic E-state index is 0.428. The number of anilines is 2. The van der Waals surface area contributed by atoms with Crippen molar-refractivity contribution in [3.63, 3.8) is 0 Å². The van der Waals surface area contributed by atoms with E-state index in [2.05, 4.69) is 50.0 Å². The zero-order valence-corrected chi connectivity index (χ0v) is 11.8. The molecule has 3 heterocycles. The van der Waals surface area contributed by atoms with Crippen LogP contribution in [0.4, 0.5) is 11.5 Å². The molecule has 0 amide bonds. The zero-order valence-electron chi connectivity index (χ0n) is 11.8. The van der Waals surface area contributed by atoms with Crippen LogP contribution in [0.15, 0.2) is 24.5 Å². The highest BCUT2D eigenvalue weighted by Crippen LogP contribution is 2.31. The van der Waals surface area contributed by atoms with Gasteiger partial charge in [0.15, 0.2) is 11.5 Å². The number of aromatic amines is 1. The Morgan fingerprint density at radius 2 is 2.24 bits per heavy atom. The number of fused-ring (bicyclic) bond motifs is 2. The molecule has 0 fully saturated rings. The molecule has 1 aliphatic heterocycles. The van der Waals surface area contributed by atoms with Crippen LogP contribution in [-0.2, 0) is 6.42 Å². The molecule has 0 aliphatic carbocycles. The average Bonchev–Trinajstić information content (AvgIpc) is 3.10. The van der Waals surface area contributed by atoms with Crippen molar-refractivity contribution in [3.05, 3.63) is 30.1 Å². The Bertz CT molecular complexity index is 822. The topological polar surface area (TPSA) is 83.7 Å². The summed E-state index contributed by atoms with van der Waals surface area (Å²) in [5.74, 6) is 1.21. The molecule has 4 rings (SSSR count). The van der Waals surface area contributed by atoms with Gasteiger partial charge >= 0.3 is 0 Å². The highest BCUT2D eigenvalue weighted by atomic mass is 15.1. The molecule has 0 atom stereocenters. The van der Waals surface area contributed by atoms with Gasteiger partial charge in [-0.05, 0) is 37.1 Å². The van der Waals surface area contributed by atoms with E-state index < -0.39 is 0 Å². The van der Waals surface area contributed by atoms with Gasteiger partial charge in [-0.3, -0.25) is 0 Å². The van der Waals surface area contributed by atoms with Gasteiger partial charge in [-0.2, -0.15) is 0 Å². The van der Waals surface area contributed by atoms with Crippen LogP contribution in [0.3, 0.4) is 0 Å².